The van der Waals surface area contributed by atoms with E-state index in [0.29, 0.717) is 17.9 Å². The van der Waals surface area contributed by atoms with Gasteiger partial charge >= 0.3 is 11.9 Å². The van der Waals surface area contributed by atoms with Gasteiger partial charge in [0.25, 0.3) is 0 Å². The Hall–Kier alpha value is -3.15. The summed E-state index contributed by atoms with van der Waals surface area (Å²) in [6, 6.07) is 16.3. The van der Waals surface area contributed by atoms with Gasteiger partial charge in [0.1, 0.15) is 12.4 Å². The van der Waals surface area contributed by atoms with Crippen molar-refractivity contribution < 1.29 is 28.6 Å². The fourth-order valence-electron chi connectivity index (χ4n) is 2.47. The zero-order valence-corrected chi connectivity index (χ0v) is 16.1. The maximum atomic E-state index is 12.2. The van der Waals surface area contributed by atoms with E-state index in [9.17, 15) is 14.4 Å². The molecule has 0 radical (unpaired) electrons. The molecule has 0 aliphatic carbocycles. The monoisotopic (exact) mass is 384 g/mol. The molecule has 1 atom stereocenters. The van der Waals surface area contributed by atoms with Crippen LogP contribution in [0.2, 0.25) is 0 Å². The second-order valence-electron chi connectivity index (χ2n) is 6.04. The maximum Gasteiger partial charge on any atom is 0.320 e. The summed E-state index contributed by atoms with van der Waals surface area (Å²) < 4.78 is 15.5. The highest BCUT2D eigenvalue weighted by Crippen LogP contribution is 2.15. The smallest absolute Gasteiger partial charge is 0.320 e. The Kier molecular flexibility index (Phi) is 8.21. The fourth-order valence-corrected chi connectivity index (χ4v) is 2.47. The van der Waals surface area contributed by atoms with E-state index in [2.05, 4.69) is 0 Å². The first-order valence-electron chi connectivity index (χ1n) is 9.18. The Morgan fingerprint density at radius 3 is 2.11 bits per heavy atom. The predicted molar refractivity (Wildman–Crippen MR) is 103 cm³/mol. The second kappa shape index (κ2) is 10.9. The van der Waals surface area contributed by atoms with Gasteiger partial charge < -0.3 is 14.2 Å². The molecular formula is C22H24O6. The van der Waals surface area contributed by atoms with Crippen molar-refractivity contribution in [1.29, 1.82) is 0 Å². The molecule has 148 valence electrons. The van der Waals surface area contributed by atoms with E-state index in [0.717, 1.165) is 5.56 Å². The Labute approximate surface area is 164 Å². The van der Waals surface area contributed by atoms with Gasteiger partial charge in [-0.2, -0.15) is 0 Å². The zero-order chi connectivity index (χ0) is 20.4. The summed E-state index contributed by atoms with van der Waals surface area (Å²) in [6.07, 6.45) is 0.249. The van der Waals surface area contributed by atoms with Gasteiger partial charge in [-0.05, 0) is 43.2 Å². The number of hydrogen-bond acceptors (Lipinski definition) is 6. The molecule has 0 aliphatic rings. The number of ketones is 1. The van der Waals surface area contributed by atoms with E-state index in [1.165, 1.54) is 0 Å². The number of carbonyl (C=O) groups excluding carboxylic acids is 3. The number of Topliss-reactive ketones (excluding diaryl/α,β-unsaturated/α-hetero) is 1. The van der Waals surface area contributed by atoms with Crippen LogP contribution in [-0.4, -0.2) is 30.9 Å². The molecule has 0 saturated heterocycles. The van der Waals surface area contributed by atoms with Crippen LogP contribution in [0.3, 0.4) is 0 Å². The molecule has 0 bridgehead atoms. The van der Waals surface area contributed by atoms with Crippen molar-refractivity contribution in [3.8, 4) is 5.75 Å². The molecule has 28 heavy (non-hydrogen) atoms. The van der Waals surface area contributed by atoms with Gasteiger partial charge in [-0.25, -0.2) is 0 Å². The molecule has 0 spiro atoms. The molecule has 6 nitrogen and oxygen atoms in total. The minimum atomic E-state index is -1.01. The fraction of sp³-hybridized carbons (Fsp3) is 0.318. The predicted octanol–water partition coefficient (Wildman–Crippen LogP) is 3.58. The van der Waals surface area contributed by atoms with Crippen molar-refractivity contribution in [2.45, 2.75) is 26.9 Å². The lowest BCUT2D eigenvalue weighted by Gasteiger charge is -2.12. The maximum absolute atomic E-state index is 12.2. The number of benzene rings is 2. The molecule has 0 amide bonds. The highest BCUT2D eigenvalue weighted by molar-refractivity contribution is 6.00. The molecule has 0 aromatic heterocycles. The van der Waals surface area contributed by atoms with Gasteiger partial charge in [0.2, 0.25) is 0 Å². The molecule has 0 N–H and O–H groups in total. The molecule has 2 aromatic rings. The van der Waals surface area contributed by atoms with Crippen molar-refractivity contribution in [3.63, 3.8) is 0 Å². The summed E-state index contributed by atoms with van der Waals surface area (Å²) in [6.45, 7) is 3.52. The third-order valence-corrected chi connectivity index (χ3v) is 4.03. The summed E-state index contributed by atoms with van der Waals surface area (Å²) in [5.74, 6) is -2.13. The first-order chi connectivity index (χ1) is 13.5. The van der Waals surface area contributed by atoms with Crippen molar-refractivity contribution in [2.24, 2.45) is 5.92 Å². The van der Waals surface area contributed by atoms with Crippen LogP contribution in [0.1, 0.15) is 36.2 Å². The lowest BCUT2D eigenvalue weighted by molar-refractivity contribution is -0.161. The number of esters is 2. The lowest BCUT2D eigenvalue weighted by Crippen LogP contribution is -2.29. The third kappa shape index (κ3) is 6.23. The van der Waals surface area contributed by atoms with E-state index >= 15 is 0 Å². The Morgan fingerprint density at radius 2 is 1.50 bits per heavy atom. The van der Waals surface area contributed by atoms with Crippen LogP contribution in [0.15, 0.2) is 54.6 Å². The van der Waals surface area contributed by atoms with Crippen LogP contribution in [0.25, 0.3) is 0 Å². The minimum Gasteiger partial charge on any atom is -0.489 e. The topological polar surface area (TPSA) is 78.9 Å². The molecule has 2 rings (SSSR count). The molecular weight excluding hydrogens is 360 g/mol. The molecule has 1 unspecified atom stereocenters. The molecule has 0 fully saturated rings. The van der Waals surface area contributed by atoms with Crippen molar-refractivity contribution in [1.82, 2.24) is 0 Å². The van der Waals surface area contributed by atoms with Crippen molar-refractivity contribution in [2.75, 3.05) is 13.2 Å². The molecule has 0 aliphatic heterocycles. The molecule has 0 saturated carbocycles. The van der Waals surface area contributed by atoms with Crippen LogP contribution in [0.4, 0.5) is 0 Å². The van der Waals surface area contributed by atoms with Gasteiger partial charge in [-0.3, -0.25) is 14.4 Å². The first kappa shape index (κ1) is 21.2. The number of ether oxygens (including phenoxy) is 3. The highest BCUT2D eigenvalue weighted by atomic mass is 16.6. The second-order valence-corrected chi connectivity index (χ2v) is 6.04. The Balaban J connectivity index is 1.85. The van der Waals surface area contributed by atoms with Crippen molar-refractivity contribution in [3.05, 3.63) is 65.7 Å². The Bertz CT molecular complexity index is 782. The first-order valence-corrected chi connectivity index (χ1v) is 9.18. The van der Waals surface area contributed by atoms with Gasteiger partial charge in [-0.15, -0.1) is 0 Å². The van der Waals surface area contributed by atoms with E-state index in [4.69, 9.17) is 14.2 Å². The van der Waals surface area contributed by atoms with E-state index < -0.39 is 24.5 Å². The zero-order valence-electron chi connectivity index (χ0n) is 16.1. The summed E-state index contributed by atoms with van der Waals surface area (Å²) in [5, 5.41) is 0. The minimum absolute atomic E-state index is 0.181. The summed E-state index contributed by atoms with van der Waals surface area (Å²) in [5.41, 5.74) is 1.44. The van der Waals surface area contributed by atoms with Gasteiger partial charge in [0.15, 0.2) is 18.3 Å². The average molecular weight is 384 g/mol. The number of rotatable bonds is 10. The van der Waals surface area contributed by atoms with Crippen LogP contribution < -0.4 is 4.74 Å². The van der Waals surface area contributed by atoms with Crippen LogP contribution in [0, 0.1) is 5.92 Å². The lowest BCUT2D eigenvalue weighted by atomic mass is 10.1. The third-order valence-electron chi connectivity index (χ3n) is 4.03. The van der Waals surface area contributed by atoms with Gasteiger partial charge in [0.05, 0.1) is 6.61 Å². The molecule has 2 aromatic carbocycles. The van der Waals surface area contributed by atoms with E-state index in [1.54, 1.807) is 38.1 Å². The summed E-state index contributed by atoms with van der Waals surface area (Å²) in [7, 11) is 0. The average Bonchev–Trinajstić information content (AvgIpc) is 2.72. The normalized spacial score (nSPS) is 11.4. The number of carbonyl (C=O) groups is 3. The van der Waals surface area contributed by atoms with Crippen LogP contribution in [-0.2, 0) is 25.7 Å². The molecule has 6 heteroatoms. The van der Waals surface area contributed by atoms with Gasteiger partial charge in [-0.1, -0.05) is 37.3 Å². The van der Waals surface area contributed by atoms with E-state index in [1.807, 2.05) is 30.3 Å². The van der Waals surface area contributed by atoms with Crippen LogP contribution in [0.5, 0.6) is 5.75 Å². The Morgan fingerprint density at radius 1 is 0.857 bits per heavy atom. The summed E-state index contributed by atoms with van der Waals surface area (Å²) >= 11 is 0. The quantitative estimate of drug-likeness (QED) is 0.354. The molecule has 0 heterocycles. The summed E-state index contributed by atoms with van der Waals surface area (Å²) in [4.78, 5) is 35.9. The largest absolute Gasteiger partial charge is 0.489 e. The van der Waals surface area contributed by atoms with Crippen LogP contribution >= 0.6 is 0 Å². The van der Waals surface area contributed by atoms with E-state index in [-0.39, 0.29) is 18.8 Å². The highest BCUT2D eigenvalue weighted by Gasteiger charge is 2.28. The van der Waals surface area contributed by atoms with Gasteiger partial charge in [0, 0.05) is 5.56 Å². The standard InChI is InChI=1S/C22H24O6/c1-3-19(21(24)26-4-2)22(25)28-15-20(23)17-10-12-18(13-11-17)27-14-16-8-6-5-7-9-16/h5-13,19H,3-4,14-15H2,1-2H3. The SMILES string of the molecule is CCOC(=O)C(CC)C(=O)OCC(=O)c1ccc(OCc2ccccc2)cc1. The van der Waals surface area contributed by atoms with Crippen molar-refractivity contribution >= 4 is 17.7 Å². The number of hydrogen-bond donors (Lipinski definition) is 0.